The van der Waals surface area contributed by atoms with Gasteiger partial charge in [-0.2, -0.15) is 65.9 Å². The van der Waals surface area contributed by atoms with Crippen LogP contribution in [-0.4, -0.2) is 18.5 Å². The van der Waals surface area contributed by atoms with Crippen LogP contribution in [0.2, 0.25) is 0 Å². The highest BCUT2D eigenvalue weighted by Gasteiger charge is 2.65. The molecule has 0 atom stereocenters. The van der Waals surface area contributed by atoms with Gasteiger partial charge in [0.2, 0.25) is 0 Å². The molecule has 173 valence electrons. The van der Waals surface area contributed by atoms with E-state index in [9.17, 15) is 65.9 Å². The molecule has 0 aliphatic carbocycles. The Kier molecular flexibility index (Phi) is 6.46. The van der Waals surface area contributed by atoms with E-state index < -0.39 is 77.1 Å². The fraction of sp³-hybridized carbons (Fsp3) is 0.533. The Morgan fingerprint density at radius 2 is 0.867 bits per heavy atom. The maximum atomic E-state index is 13.8. The standard InChI is InChI=1S/C15H8F15/c1-2-3-7-8(11(18,19)14(25,26)27)4-6(10(16,17)13(22,23)24)5-9(7)12(20,21)15(28,29)30/h3-5H,2H2,1H3. The molecular formula is C15H8F15. The van der Waals surface area contributed by atoms with Gasteiger partial charge in [0, 0.05) is 16.7 Å². The first-order valence-electron chi connectivity index (χ1n) is 7.39. The predicted octanol–water partition coefficient (Wildman–Crippen LogP) is 7.61. The van der Waals surface area contributed by atoms with Gasteiger partial charge in [0.25, 0.3) is 0 Å². The molecule has 0 saturated heterocycles. The van der Waals surface area contributed by atoms with Crippen LogP contribution in [0.25, 0.3) is 0 Å². The lowest BCUT2D eigenvalue weighted by Crippen LogP contribution is -2.40. The van der Waals surface area contributed by atoms with Gasteiger partial charge in [0.15, 0.2) is 0 Å². The second kappa shape index (κ2) is 7.39. The normalized spacial score (nSPS) is 14.9. The third-order valence-corrected chi connectivity index (χ3v) is 3.70. The minimum Gasteiger partial charge on any atom is -0.191 e. The number of halogens is 15. The molecule has 1 aromatic carbocycles. The lowest BCUT2D eigenvalue weighted by atomic mass is 9.86. The SMILES string of the molecule is CC[CH]c1c(C(F)(F)C(F)(F)F)cc(C(F)(F)C(F)(F)F)cc1C(F)(F)C(F)(F)F. The van der Waals surface area contributed by atoms with Crippen molar-refractivity contribution >= 4 is 0 Å². The predicted molar refractivity (Wildman–Crippen MR) is 70.0 cm³/mol. The maximum Gasteiger partial charge on any atom is 0.458 e. The molecule has 0 aliphatic heterocycles. The molecule has 0 nitrogen and oxygen atoms in total. The summed E-state index contributed by atoms with van der Waals surface area (Å²) >= 11 is 0. The third kappa shape index (κ3) is 4.29. The van der Waals surface area contributed by atoms with E-state index in [4.69, 9.17) is 0 Å². The summed E-state index contributed by atoms with van der Waals surface area (Å²) < 4.78 is 196. The summed E-state index contributed by atoms with van der Waals surface area (Å²) in [7, 11) is 0. The van der Waals surface area contributed by atoms with Gasteiger partial charge in [-0.25, -0.2) is 0 Å². The zero-order chi connectivity index (χ0) is 24.1. The van der Waals surface area contributed by atoms with Crippen molar-refractivity contribution in [3.05, 3.63) is 40.8 Å². The van der Waals surface area contributed by atoms with Gasteiger partial charge in [-0.3, -0.25) is 0 Å². The summed E-state index contributed by atoms with van der Waals surface area (Å²) in [6, 6.07) is -2.17. The van der Waals surface area contributed by atoms with Crippen LogP contribution >= 0.6 is 0 Å². The molecule has 0 fully saturated rings. The van der Waals surface area contributed by atoms with Gasteiger partial charge in [-0.15, -0.1) is 0 Å². The van der Waals surface area contributed by atoms with E-state index in [1.165, 1.54) is 0 Å². The fourth-order valence-corrected chi connectivity index (χ4v) is 2.25. The molecule has 0 saturated carbocycles. The van der Waals surface area contributed by atoms with Gasteiger partial charge < -0.3 is 0 Å². The van der Waals surface area contributed by atoms with E-state index in [-0.39, 0.29) is 6.42 Å². The minimum absolute atomic E-state index is 0.000518. The van der Waals surface area contributed by atoms with Crippen LogP contribution in [0, 0.1) is 6.42 Å². The van der Waals surface area contributed by atoms with Crippen molar-refractivity contribution in [2.45, 2.75) is 49.6 Å². The highest BCUT2D eigenvalue weighted by molar-refractivity contribution is 5.50. The molecule has 0 spiro atoms. The summed E-state index contributed by atoms with van der Waals surface area (Å²) in [4.78, 5) is 0. The van der Waals surface area contributed by atoms with Gasteiger partial charge in [0.1, 0.15) is 0 Å². The zero-order valence-corrected chi connectivity index (χ0v) is 14.1. The number of benzene rings is 1. The maximum absolute atomic E-state index is 13.8. The van der Waals surface area contributed by atoms with Crippen molar-refractivity contribution in [3.8, 4) is 0 Å². The smallest absolute Gasteiger partial charge is 0.191 e. The van der Waals surface area contributed by atoms with Gasteiger partial charge in [-0.1, -0.05) is 6.92 Å². The van der Waals surface area contributed by atoms with E-state index in [0.717, 1.165) is 6.92 Å². The van der Waals surface area contributed by atoms with E-state index in [0.29, 0.717) is 0 Å². The monoisotopic (exact) mass is 473 g/mol. The number of hydrogen-bond acceptors (Lipinski definition) is 0. The van der Waals surface area contributed by atoms with Gasteiger partial charge in [-0.05, 0) is 30.5 Å². The number of rotatable bonds is 5. The molecule has 0 aliphatic rings. The van der Waals surface area contributed by atoms with Crippen LogP contribution < -0.4 is 0 Å². The van der Waals surface area contributed by atoms with Gasteiger partial charge >= 0.3 is 36.3 Å². The summed E-state index contributed by atoms with van der Waals surface area (Å²) in [6.07, 6.45) is -20.9. The third-order valence-electron chi connectivity index (χ3n) is 3.70. The first kappa shape index (κ1) is 26.2. The minimum atomic E-state index is -6.72. The topological polar surface area (TPSA) is 0 Å². The summed E-state index contributed by atoms with van der Waals surface area (Å²) in [5, 5.41) is 0. The Morgan fingerprint density at radius 3 is 1.10 bits per heavy atom. The lowest BCUT2D eigenvalue weighted by Gasteiger charge is -2.30. The highest BCUT2D eigenvalue weighted by Crippen LogP contribution is 2.54. The first-order valence-corrected chi connectivity index (χ1v) is 7.39. The highest BCUT2D eigenvalue weighted by atomic mass is 19.4. The average molecular weight is 473 g/mol. The average Bonchev–Trinajstić information content (AvgIpc) is 2.51. The molecule has 30 heavy (non-hydrogen) atoms. The Hall–Kier alpha value is -1.83. The van der Waals surface area contributed by atoms with Crippen LogP contribution in [0.5, 0.6) is 0 Å². The van der Waals surface area contributed by atoms with E-state index >= 15 is 0 Å². The number of hydrogen-bond donors (Lipinski definition) is 0. The molecule has 0 bridgehead atoms. The molecule has 15 heteroatoms. The second-order valence-corrected chi connectivity index (χ2v) is 5.81. The quantitative estimate of drug-likeness (QED) is 0.386. The zero-order valence-electron chi connectivity index (χ0n) is 14.1. The molecule has 0 aromatic heterocycles. The first-order chi connectivity index (χ1) is 13.0. The molecule has 1 aromatic rings. The molecule has 0 heterocycles. The molecule has 1 rings (SSSR count). The largest absolute Gasteiger partial charge is 0.458 e. The molecule has 1 radical (unpaired) electrons. The summed E-state index contributed by atoms with van der Waals surface area (Å²) in [5.74, 6) is -19.0. The van der Waals surface area contributed by atoms with Crippen LogP contribution in [-0.2, 0) is 17.8 Å². The van der Waals surface area contributed by atoms with Crippen molar-refractivity contribution in [3.63, 3.8) is 0 Å². The molecule has 0 unspecified atom stereocenters. The molecular weight excluding hydrogens is 465 g/mol. The van der Waals surface area contributed by atoms with Crippen molar-refractivity contribution in [2.24, 2.45) is 0 Å². The Labute approximate surface area is 157 Å². The van der Waals surface area contributed by atoms with Crippen LogP contribution in [0.1, 0.15) is 35.6 Å². The van der Waals surface area contributed by atoms with Crippen LogP contribution in [0.15, 0.2) is 12.1 Å². The van der Waals surface area contributed by atoms with Crippen LogP contribution in [0.4, 0.5) is 65.9 Å². The van der Waals surface area contributed by atoms with E-state index in [1.54, 1.807) is 0 Å². The Balaban J connectivity index is 4.20. The van der Waals surface area contributed by atoms with Crippen molar-refractivity contribution in [2.75, 3.05) is 0 Å². The number of alkyl halides is 15. The van der Waals surface area contributed by atoms with E-state index in [1.807, 2.05) is 0 Å². The van der Waals surface area contributed by atoms with E-state index in [2.05, 4.69) is 0 Å². The lowest BCUT2D eigenvalue weighted by molar-refractivity contribution is -0.295. The van der Waals surface area contributed by atoms with Crippen LogP contribution in [0.3, 0.4) is 0 Å². The van der Waals surface area contributed by atoms with Gasteiger partial charge in [0.05, 0.1) is 0 Å². The second-order valence-electron chi connectivity index (χ2n) is 5.81. The fourth-order valence-electron chi connectivity index (χ4n) is 2.25. The Bertz CT molecular complexity index is 717. The molecule has 0 N–H and O–H groups in total. The van der Waals surface area contributed by atoms with Crippen molar-refractivity contribution in [1.82, 2.24) is 0 Å². The summed E-state index contributed by atoms with van der Waals surface area (Å²) in [5.41, 5.74) is -10.9. The van der Waals surface area contributed by atoms with Crippen molar-refractivity contribution < 1.29 is 65.9 Å². The Morgan fingerprint density at radius 1 is 0.567 bits per heavy atom. The molecule has 0 amide bonds. The summed E-state index contributed by atoms with van der Waals surface area (Å²) in [6.45, 7) is 0.892. The van der Waals surface area contributed by atoms with Crippen molar-refractivity contribution in [1.29, 1.82) is 0 Å².